The molecule has 0 radical (unpaired) electrons. The summed E-state index contributed by atoms with van der Waals surface area (Å²) in [7, 11) is 3.09. The van der Waals surface area contributed by atoms with Crippen LogP contribution in [0.15, 0.2) is 45.8 Å². The third kappa shape index (κ3) is 6.78. The number of amides is 2. The van der Waals surface area contributed by atoms with Crippen LogP contribution in [0.3, 0.4) is 0 Å². The Kier molecular flexibility index (Phi) is 9.45. The monoisotopic (exact) mass is 568 g/mol. The van der Waals surface area contributed by atoms with Crippen LogP contribution >= 0.6 is 39.9 Å². The molecule has 1 fully saturated rings. The molecule has 3 rings (SSSR count). The van der Waals surface area contributed by atoms with Crippen LogP contribution in [0.4, 0.5) is 10.1 Å². The third-order valence-electron chi connectivity index (χ3n) is 4.63. The van der Waals surface area contributed by atoms with Gasteiger partial charge in [-0.1, -0.05) is 24.0 Å². The molecule has 2 aromatic carbocycles. The van der Waals surface area contributed by atoms with E-state index >= 15 is 0 Å². The predicted octanol–water partition coefficient (Wildman–Crippen LogP) is 4.85. The molecule has 34 heavy (non-hydrogen) atoms. The van der Waals surface area contributed by atoms with E-state index in [1.165, 1.54) is 43.1 Å². The average Bonchev–Trinajstić information content (AvgIpc) is 3.07. The number of methoxy groups -OCH3 is 2. The number of thiocarbonyl (C=S) groups is 1. The Labute approximate surface area is 214 Å². The molecule has 0 spiro atoms. The van der Waals surface area contributed by atoms with Crippen LogP contribution in [0, 0.1) is 5.82 Å². The Bertz CT molecular complexity index is 1110. The van der Waals surface area contributed by atoms with Crippen LogP contribution < -0.4 is 14.8 Å². The molecule has 1 aliphatic heterocycles. The first-order valence-corrected chi connectivity index (χ1v) is 12.1. The molecular formula is C23H22BrFN2O5S2. The number of ether oxygens (including phenoxy) is 3. The number of hydrogen-bond donors (Lipinski definition) is 1. The zero-order chi connectivity index (χ0) is 24.7. The number of anilines is 1. The van der Waals surface area contributed by atoms with Gasteiger partial charge in [0, 0.05) is 25.9 Å². The lowest BCUT2D eigenvalue weighted by Gasteiger charge is -2.14. The molecule has 180 valence electrons. The van der Waals surface area contributed by atoms with Crippen molar-refractivity contribution in [3.05, 3.63) is 57.2 Å². The van der Waals surface area contributed by atoms with Gasteiger partial charge in [0.1, 0.15) is 10.1 Å². The largest absolute Gasteiger partial charge is 0.493 e. The summed E-state index contributed by atoms with van der Waals surface area (Å²) < 4.78 is 30.2. The van der Waals surface area contributed by atoms with Gasteiger partial charge in [0.25, 0.3) is 11.8 Å². The standard InChI is InChI=1S/C23H22BrFN2O5S2/c1-30-9-3-8-27-22(29)19(34-23(27)33)12-14-10-17(24)21(18(11-14)31-2)32-13-20(28)26-16-6-4-15(25)5-7-16/h4-7,10-12H,3,8-9,13H2,1-2H3,(H,26,28)/b19-12-. The summed E-state index contributed by atoms with van der Waals surface area (Å²) in [5.74, 6) is -0.246. The van der Waals surface area contributed by atoms with E-state index in [4.69, 9.17) is 26.4 Å². The van der Waals surface area contributed by atoms with Crippen LogP contribution in [0.1, 0.15) is 12.0 Å². The zero-order valence-electron chi connectivity index (χ0n) is 18.4. The van der Waals surface area contributed by atoms with E-state index in [9.17, 15) is 14.0 Å². The quantitative estimate of drug-likeness (QED) is 0.249. The fraction of sp³-hybridized carbons (Fsp3) is 0.261. The van der Waals surface area contributed by atoms with Gasteiger partial charge in [0.05, 0.1) is 16.5 Å². The molecular weight excluding hydrogens is 547 g/mol. The first kappa shape index (κ1) is 26.1. The van der Waals surface area contributed by atoms with Crippen LogP contribution in [0.25, 0.3) is 6.08 Å². The highest BCUT2D eigenvalue weighted by Gasteiger charge is 2.31. The summed E-state index contributed by atoms with van der Waals surface area (Å²) in [4.78, 5) is 27.0. The summed E-state index contributed by atoms with van der Waals surface area (Å²) in [5, 5.41) is 2.63. The Morgan fingerprint density at radius 1 is 1.26 bits per heavy atom. The molecule has 7 nitrogen and oxygen atoms in total. The minimum absolute atomic E-state index is 0.154. The lowest BCUT2D eigenvalue weighted by atomic mass is 10.2. The van der Waals surface area contributed by atoms with E-state index in [0.29, 0.717) is 56.0 Å². The molecule has 0 bridgehead atoms. The van der Waals surface area contributed by atoms with Crippen molar-refractivity contribution in [3.63, 3.8) is 0 Å². The third-order valence-corrected chi connectivity index (χ3v) is 6.60. The van der Waals surface area contributed by atoms with Crippen molar-refractivity contribution in [2.75, 3.05) is 39.3 Å². The van der Waals surface area contributed by atoms with E-state index in [1.54, 1.807) is 30.2 Å². The molecule has 2 aromatic rings. The number of carbonyl (C=O) groups is 2. The maximum Gasteiger partial charge on any atom is 0.266 e. The number of benzene rings is 2. The number of nitrogens with zero attached hydrogens (tertiary/aromatic N) is 1. The highest BCUT2D eigenvalue weighted by Crippen LogP contribution is 2.39. The first-order chi connectivity index (χ1) is 16.3. The van der Waals surface area contributed by atoms with Crippen molar-refractivity contribution in [2.45, 2.75) is 6.42 Å². The second kappa shape index (κ2) is 12.3. The maximum atomic E-state index is 13.0. The molecule has 1 N–H and O–H groups in total. The number of halogens is 2. The summed E-state index contributed by atoms with van der Waals surface area (Å²) in [6.07, 6.45) is 2.42. The van der Waals surface area contributed by atoms with Gasteiger partial charge in [-0.2, -0.15) is 0 Å². The van der Waals surface area contributed by atoms with Gasteiger partial charge in [-0.15, -0.1) is 0 Å². The van der Waals surface area contributed by atoms with Crippen LogP contribution in [0.5, 0.6) is 11.5 Å². The Balaban J connectivity index is 1.69. The van der Waals surface area contributed by atoms with Crippen molar-refractivity contribution in [1.29, 1.82) is 0 Å². The lowest BCUT2D eigenvalue weighted by Crippen LogP contribution is -2.29. The van der Waals surface area contributed by atoms with Crippen LogP contribution in [-0.4, -0.2) is 55.0 Å². The highest BCUT2D eigenvalue weighted by atomic mass is 79.9. The van der Waals surface area contributed by atoms with Gasteiger partial charge in [-0.3, -0.25) is 14.5 Å². The molecule has 2 amide bonds. The second-order valence-corrected chi connectivity index (χ2v) is 9.59. The molecule has 0 aromatic heterocycles. The van der Waals surface area contributed by atoms with Gasteiger partial charge >= 0.3 is 0 Å². The SMILES string of the molecule is COCCCN1C(=O)/C(=C/c2cc(Br)c(OCC(=O)Nc3ccc(F)cc3)c(OC)c2)SC1=S. The van der Waals surface area contributed by atoms with Crippen molar-refractivity contribution in [3.8, 4) is 11.5 Å². The van der Waals surface area contributed by atoms with Crippen molar-refractivity contribution in [1.82, 2.24) is 4.90 Å². The fourth-order valence-corrected chi connectivity index (χ4v) is 4.93. The number of hydrogen-bond acceptors (Lipinski definition) is 7. The normalized spacial score (nSPS) is 14.6. The molecule has 11 heteroatoms. The minimum atomic E-state index is -0.415. The second-order valence-electron chi connectivity index (χ2n) is 7.06. The van der Waals surface area contributed by atoms with E-state index in [0.717, 1.165) is 0 Å². The average molecular weight is 569 g/mol. The van der Waals surface area contributed by atoms with Crippen molar-refractivity contribution < 1.29 is 28.2 Å². The van der Waals surface area contributed by atoms with Crippen molar-refractivity contribution in [2.24, 2.45) is 0 Å². The summed E-state index contributed by atoms with van der Waals surface area (Å²) in [6, 6.07) is 8.88. The summed E-state index contributed by atoms with van der Waals surface area (Å²) in [5.41, 5.74) is 1.15. The summed E-state index contributed by atoms with van der Waals surface area (Å²) >= 11 is 10.0. The zero-order valence-corrected chi connectivity index (χ0v) is 21.6. The predicted molar refractivity (Wildman–Crippen MR) is 138 cm³/mol. The van der Waals surface area contributed by atoms with Gasteiger partial charge in [-0.25, -0.2) is 4.39 Å². The topological polar surface area (TPSA) is 77.1 Å². The Hall–Kier alpha value is -2.47. The maximum absolute atomic E-state index is 13.0. The van der Waals surface area contributed by atoms with E-state index in [1.807, 2.05) is 0 Å². The van der Waals surface area contributed by atoms with Crippen LogP contribution in [0.2, 0.25) is 0 Å². The molecule has 0 saturated carbocycles. The van der Waals surface area contributed by atoms with Crippen LogP contribution in [-0.2, 0) is 14.3 Å². The van der Waals surface area contributed by atoms with Crippen molar-refractivity contribution >= 4 is 67.8 Å². The number of thioether (sulfide) groups is 1. The highest BCUT2D eigenvalue weighted by molar-refractivity contribution is 9.10. The number of carbonyl (C=O) groups excluding carboxylic acids is 2. The molecule has 1 aliphatic rings. The number of nitrogens with one attached hydrogen (secondary N) is 1. The molecule has 0 unspecified atom stereocenters. The molecule has 1 saturated heterocycles. The van der Waals surface area contributed by atoms with Gasteiger partial charge in [-0.05, 0) is 70.4 Å². The first-order valence-electron chi connectivity index (χ1n) is 10.1. The van der Waals surface area contributed by atoms with E-state index in [2.05, 4.69) is 21.2 Å². The fourth-order valence-electron chi connectivity index (χ4n) is 3.04. The van der Waals surface area contributed by atoms with Gasteiger partial charge in [0.2, 0.25) is 0 Å². The lowest BCUT2D eigenvalue weighted by molar-refractivity contribution is -0.122. The Morgan fingerprint density at radius 2 is 2.00 bits per heavy atom. The number of rotatable bonds is 10. The van der Waals surface area contributed by atoms with E-state index in [-0.39, 0.29) is 12.5 Å². The molecule has 0 aliphatic carbocycles. The minimum Gasteiger partial charge on any atom is -0.493 e. The summed E-state index contributed by atoms with van der Waals surface area (Å²) in [6.45, 7) is 0.755. The molecule has 1 heterocycles. The van der Waals surface area contributed by atoms with Gasteiger partial charge in [0.15, 0.2) is 18.1 Å². The Morgan fingerprint density at radius 3 is 2.68 bits per heavy atom. The van der Waals surface area contributed by atoms with E-state index < -0.39 is 11.7 Å². The smallest absolute Gasteiger partial charge is 0.266 e. The molecule has 0 atom stereocenters. The van der Waals surface area contributed by atoms with Gasteiger partial charge < -0.3 is 19.5 Å².